The number of rotatable bonds is 6. The van der Waals surface area contributed by atoms with Crippen molar-refractivity contribution in [3.63, 3.8) is 0 Å². The van der Waals surface area contributed by atoms with E-state index in [-0.39, 0.29) is 6.03 Å². The number of nitrogens with zero attached hydrogens (tertiary/aromatic N) is 4. The van der Waals surface area contributed by atoms with Gasteiger partial charge < -0.3 is 14.8 Å². The van der Waals surface area contributed by atoms with E-state index in [0.29, 0.717) is 6.54 Å². The van der Waals surface area contributed by atoms with Crippen LogP contribution in [0.3, 0.4) is 0 Å². The van der Waals surface area contributed by atoms with E-state index in [1.807, 2.05) is 53.7 Å². The number of benzene rings is 3. The standard InChI is InChI=1S/C27H29N5O/c33-27(29-21-24-11-6-10-22-7-4-5-12-25(22)24)32-19-16-30(17-20-32)15-18-31-14-13-28-26(31)23-8-2-1-3-9-23/h1-14H,15-21H2,(H,29,33). The number of aromatic nitrogens is 2. The van der Waals surface area contributed by atoms with E-state index in [1.165, 1.54) is 10.8 Å². The zero-order valence-corrected chi connectivity index (χ0v) is 18.7. The van der Waals surface area contributed by atoms with Crippen molar-refractivity contribution in [2.24, 2.45) is 0 Å². The van der Waals surface area contributed by atoms with Crippen LogP contribution in [0.15, 0.2) is 85.2 Å². The van der Waals surface area contributed by atoms with Crippen molar-refractivity contribution in [1.29, 1.82) is 0 Å². The molecular weight excluding hydrogens is 410 g/mol. The predicted molar refractivity (Wildman–Crippen MR) is 132 cm³/mol. The first kappa shape index (κ1) is 21.2. The number of hydrogen-bond acceptors (Lipinski definition) is 3. The predicted octanol–water partition coefficient (Wildman–Crippen LogP) is 4.23. The van der Waals surface area contributed by atoms with Crippen molar-refractivity contribution in [3.05, 3.63) is 90.8 Å². The largest absolute Gasteiger partial charge is 0.334 e. The van der Waals surface area contributed by atoms with Crippen LogP contribution in [0, 0.1) is 0 Å². The second-order valence-corrected chi connectivity index (χ2v) is 8.44. The van der Waals surface area contributed by atoms with Gasteiger partial charge in [-0.2, -0.15) is 0 Å². The molecule has 0 aliphatic carbocycles. The highest BCUT2D eigenvalue weighted by Gasteiger charge is 2.21. The van der Waals surface area contributed by atoms with Crippen LogP contribution < -0.4 is 5.32 Å². The van der Waals surface area contributed by atoms with Crippen molar-refractivity contribution in [1.82, 2.24) is 24.7 Å². The van der Waals surface area contributed by atoms with Gasteiger partial charge in [0.05, 0.1) is 0 Å². The number of piperazine rings is 1. The summed E-state index contributed by atoms with van der Waals surface area (Å²) in [6.07, 6.45) is 3.90. The Labute approximate surface area is 194 Å². The maximum absolute atomic E-state index is 12.7. The fourth-order valence-electron chi connectivity index (χ4n) is 4.49. The lowest BCUT2D eigenvalue weighted by Crippen LogP contribution is -2.52. The molecule has 1 aliphatic rings. The Kier molecular flexibility index (Phi) is 6.35. The van der Waals surface area contributed by atoms with E-state index >= 15 is 0 Å². The Balaban J connectivity index is 1.10. The van der Waals surface area contributed by atoms with Gasteiger partial charge in [0.2, 0.25) is 0 Å². The lowest BCUT2D eigenvalue weighted by Gasteiger charge is -2.34. The molecule has 2 heterocycles. The molecule has 1 fully saturated rings. The summed E-state index contributed by atoms with van der Waals surface area (Å²) in [6.45, 7) is 5.64. The molecule has 6 nitrogen and oxygen atoms in total. The monoisotopic (exact) mass is 439 g/mol. The SMILES string of the molecule is O=C(NCc1cccc2ccccc12)N1CCN(CCn2ccnc2-c2ccccc2)CC1. The molecule has 168 valence electrons. The Hall–Kier alpha value is -3.64. The molecule has 1 aliphatic heterocycles. The lowest BCUT2D eigenvalue weighted by molar-refractivity contribution is 0.136. The third-order valence-electron chi connectivity index (χ3n) is 6.37. The summed E-state index contributed by atoms with van der Waals surface area (Å²) >= 11 is 0. The number of carbonyl (C=O) groups excluding carboxylic acids is 1. The molecule has 0 radical (unpaired) electrons. The van der Waals surface area contributed by atoms with Crippen LogP contribution in [-0.2, 0) is 13.1 Å². The number of nitrogens with one attached hydrogen (secondary N) is 1. The highest BCUT2D eigenvalue weighted by molar-refractivity contribution is 5.86. The van der Waals surface area contributed by atoms with E-state index in [9.17, 15) is 4.79 Å². The van der Waals surface area contributed by atoms with Crippen LogP contribution in [0.25, 0.3) is 22.2 Å². The summed E-state index contributed by atoms with van der Waals surface area (Å²) < 4.78 is 2.21. The lowest BCUT2D eigenvalue weighted by atomic mass is 10.0. The second-order valence-electron chi connectivity index (χ2n) is 8.44. The van der Waals surface area contributed by atoms with Crippen molar-refractivity contribution in [3.8, 4) is 11.4 Å². The van der Waals surface area contributed by atoms with E-state index in [1.54, 1.807) is 0 Å². The summed E-state index contributed by atoms with van der Waals surface area (Å²) in [5.74, 6) is 1.00. The van der Waals surface area contributed by atoms with Crippen LogP contribution in [0.1, 0.15) is 5.56 Å². The number of imidazole rings is 1. The Morgan fingerprint density at radius 3 is 2.45 bits per heavy atom. The van der Waals surface area contributed by atoms with Gasteiger partial charge in [-0.3, -0.25) is 4.90 Å². The third-order valence-corrected chi connectivity index (χ3v) is 6.37. The maximum atomic E-state index is 12.7. The number of fused-ring (bicyclic) bond motifs is 1. The van der Waals surface area contributed by atoms with Crippen molar-refractivity contribution in [2.45, 2.75) is 13.1 Å². The van der Waals surface area contributed by atoms with Crippen LogP contribution in [0.2, 0.25) is 0 Å². The molecule has 0 atom stereocenters. The molecule has 33 heavy (non-hydrogen) atoms. The Bertz CT molecular complexity index is 1210. The minimum Gasteiger partial charge on any atom is -0.334 e. The van der Waals surface area contributed by atoms with Crippen LogP contribution >= 0.6 is 0 Å². The molecule has 5 rings (SSSR count). The summed E-state index contributed by atoms with van der Waals surface area (Å²) in [6, 6.07) is 24.8. The second kappa shape index (κ2) is 9.88. The van der Waals surface area contributed by atoms with E-state index in [2.05, 4.69) is 56.2 Å². The van der Waals surface area contributed by atoms with Crippen LogP contribution in [0.4, 0.5) is 4.79 Å². The van der Waals surface area contributed by atoms with Gasteiger partial charge in [0, 0.05) is 63.8 Å². The summed E-state index contributed by atoms with van der Waals surface area (Å²) in [4.78, 5) is 21.6. The molecule has 1 aromatic heterocycles. The number of urea groups is 1. The molecule has 3 aromatic carbocycles. The molecule has 0 bridgehead atoms. The molecule has 0 unspecified atom stereocenters. The van der Waals surface area contributed by atoms with Crippen molar-refractivity contribution >= 4 is 16.8 Å². The number of carbonyl (C=O) groups is 1. The fraction of sp³-hybridized carbons (Fsp3) is 0.259. The zero-order valence-electron chi connectivity index (χ0n) is 18.7. The van der Waals surface area contributed by atoms with Gasteiger partial charge in [-0.25, -0.2) is 9.78 Å². The molecule has 0 spiro atoms. The van der Waals surface area contributed by atoms with E-state index in [0.717, 1.165) is 56.2 Å². The van der Waals surface area contributed by atoms with Gasteiger partial charge in [0.15, 0.2) is 0 Å². The third kappa shape index (κ3) is 4.91. The Morgan fingerprint density at radius 1 is 0.848 bits per heavy atom. The average molecular weight is 440 g/mol. The topological polar surface area (TPSA) is 53.4 Å². The first-order chi connectivity index (χ1) is 16.3. The normalized spacial score (nSPS) is 14.5. The van der Waals surface area contributed by atoms with Crippen molar-refractivity contribution in [2.75, 3.05) is 32.7 Å². The molecule has 1 saturated heterocycles. The summed E-state index contributed by atoms with van der Waals surface area (Å²) in [5, 5.41) is 5.51. The van der Waals surface area contributed by atoms with Gasteiger partial charge in [-0.15, -0.1) is 0 Å². The fourth-order valence-corrected chi connectivity index (χ4v) is 4.49. The molecule has 4 aromatic rings. The zero-order chi connectivity index (χ0) is 22.5. The smallest absolute Gasteiger partial charge is 0.317 e. The molecule has 1 N–H and O–H groups in total. The molecule has 6 heteroatoms. The molecular formula is C27H29N5O. The number of hydrogen-bond donors (Lipinski definition) is 1. The van der Waals surface area contributed by atoms with Crippen LogP contribution in [0.5, 0.6) is 0 Å². The quantitative estimate of drug-likeness (QED) is 0.489. The average Bonchev–Trinajstić information content (AvgIpc) is 3.35. The van der Waals surface area contributed by atoms with Gasteiger partial charge in [0.25, 0.3) is 0 Å². The van der Waals surface area contributed by atoms with Crippen LogP contribution in [-0.4, -0.2) is 58.1 Å². The van der Waals surface area contributed by atoms with Gasteiger partial charge in [0.1, 0.15) is 5.82 Å². The van der Waals surface area contributed by atoms with Gasteiger partial charge in [-0.05, 0) is 16.3 Å². The molecule has 0 saturated carbocycles. The highest BCUT2D eigenvalue weighted by Crippen LogP contribution is 2.19. The summed E-state index contributed by atoms with van der Waals surface area (Å²) in [5.41, 5.74) is 2.28. The van der Waals surface area contributed by atoms with E-state index in [4.69, 9.17) is 0 Å². The van der Waals surface area contributed by atoms with Gasteiger partial charge >= 0.3 is 6.03 Å². The maximum Gasteiger partial charge on any atom is 0.317 e. The first-order valence-electron chi connectivity index (χ1n) is 11.6. The highest BCUT2D eigenvalue weighted by atomic mass is 16.2. The van der Waals surface area contributed by atoms with Gasteiger partial charge in [-0.1, -0.05) is 72.8 Å². The van der Waals surface area contributed by atoms with Crippen molar-refractivity contribution < 1.29 is 4.79 Å². The number of amides is 2. The minimum atomic E-state index is 0.0172. The van der Waals surface area contributed by atoms with E-state index < -0.39 is 0 Å². The first-order valence-corrected chi connectivity index (χ1v) is 11.6. The summed E-state index contributed by atoms with van der Waals surface area (Å²) in [7, 11) is 0. The minimum absolute atomic E-state index is 0.0172. The Morgan fingerprint density at radius 2 is 1.61 bits per heavy atom. The molecule has 2 amide bonds.